The molecule has 7 heteroatoms. The normalized spacial score (nSPS) is 10.7. The lowest BCUT2D eigenvalue weighted by Gasteiger charge is -2.06. The maximum Gasteiger partial charge on any atom is 0.262 e. The molecular formula is C15H17N5O2. The van der Waals surface area contributed by atoms with E-state index in [0.717, 1.165) is 17.1 Å². The summed E-state index contributed by atoms with van der Waals surface area (Å²) in [4.78, 5) is 30.7. The molecule has 2 amide bonds. The van der Waals surface area contributed by atoms with Crippen LogP contribution in [-0.2, 0) is 9.59 Å². The lowest BCUT2D eigenvalue weighted by Crippen LogP contribution is -2.39. The van der Waals surface area contributed by atoms with Gasteiger partial charge < -0.3 is 4.57 Å². The van der Waals surface area contributed by atoms with Crippen molar-refractivity contribution in [2.45, 2.75) is 20.8 Å². The van der Waals surface area contributed by atoms with Crippen LogP contribution in [0.2, 0.25) is 0 Å². The van der Waals surface area contributed by atoms with Crippen LogP contribution < -0.4 is 10.9 Å². The quantitative estimate of drug-likeness (QED) is 0.655. The summed E-state index contributed by atoms with van der Waals surface area (Å²) in [6.07, 6.45) is 6.53. The van der Waals surface area contributed by atoms with Crippen molar-refractivity contribution in [1.82, 2.24) is 25.4 Å². The van der Waals surface area contributed by atoms with E-state index >= 15 is 0 Å². The molecule has 0 aliphatic heterocycles. The first-order valence-corrected chi connectivity index (χ1v) is 6.69. The average Bonchev–Trinajstić information content (AvgIpc) is 2.89. The van der Waals surface area contributed by atoms with E-state index in [1.165, 1.54) is 13.0 Å². The fraction of sp³-hybridized carbons (Fsp3) is 0.200. The minimum Gasteiger partial charge on any atom is -0.304 e. The van der Waals surface area contributed by atoms with Crippen molar-refractivity contribution >= 4 is 17.9 Å². The number of aromatic nitrogens is 3. The molecular weight excluding hydrogens is 282 g/mol. The van der Waals surface area contributed by atoms with E-state index in [1.54, 1.807) is 18.5 Å². The standard InChI is InChI=1S/C15H17N5O2/c1-10-8-20(9-16-10)14-6-4-13(17-11(14)2)5-7-15(22)19-18-12(3)21/h4-9H,1-3H3,(H,18,21)(H,19,22). The monoisotopic (exact) mass is 299 g/mol. The molecule has 7 nitrogen and oxygen atoms in total. The number of hydrogen-bond acceptors (Lipinski definition) is 4. The third-order valence-corrected chi connectivity index (χ3v) is 2.84. The molecule has 0 aromatic carbocycles. The van der Waals surface area contributed by atoms with Gasteiger partial charge in [0.15, 0.2) is 0 Å². The Bertz CT molecular complexity index is 733. The molecule has 0 saturated carbocycles. The first-order chi connectivity index (χ1) is 10.5. The van der Waals surface area contributed by atoms with Crippen molar-refractivity contribution in [2.75, 3.05) is 0 Å². The molecule has 0 bridgehead atoms. The SMILES string of the molecule is CC(=O)NNC(=O)C=Cc1ccc(-n2cnc(C)c2)c(C)n1. The van der Waals surface area contributed by atoms with Gasteiger partial charge in [0.2, 0.25) is 5.91 Å². The highest BCUT2D eigenvalue weighted by Gasteiger charge is 2.04. The molecule has 2 N–H and O–H groups in total. The van der Waals surface area contributed by atoms with Crippen LogP contribution >= 0.6 is 0 Å². The summed E-state index contributed by atoms with van der Waals surface area (Å²) in [7, 11) is 0. The smallest absolute Gasteiger partial charge is 0.262 e. The van der Waals surface area contributed by atoms with E-state index in [4.69, 9.17) is 0 Å². The number of hydrogen-bond donors (Lipinski definition) is 2. The number of imidazole rings is 1. The third kappa shape index (κ3) is 4.02. The Morgan fingerprint density at radius 1 is 1.23 bits per heavy atom. The Kier molecular flexibility index (Phi) is 4.67. The van der Waals surface area contributed by atoms with Gasteiger partial charge in [0.25, 0.3) is 5.91 Å². The summed E-state index contributed by atoms with van der Waals surface area (Å²) in [6, 6.07) is 3.72. The van der Waals surface area contributed by atoms with Gasteiger partial charge in [0, 0.05) is 19.2 Å². The summed E-state index contributed by atoms with van der Waals surface area (Å²) in [5.74, 6) is -0.764. The molecule has 22 heavy (non-hydrogen) atoms. The number of carbonyl (C=O) groups is 2. The van der Waals surface area contributed by atoms with Crippen LogP contribution in [0.1, 0.15) is 24.0 Å². The molecule has 0 aliphatic rings. The predicted molar refractivity (Wildman–Crippen MR) is 81.8 cm³/mol. The minimum atomic E-state index is -0.427. The highest BCUT2D eigenvalue weighted by molar-refractivity contribution is 5.92. The Balaban J connectivity index is 2.09. The molecule has 0 aliphatic carbocycles. The fourth-order valence-corrected chi connectivity index (χ4v) is 1.84. The zero-order valence-corrected chi connectivity index (χ0v) is 12.6. The molecule has 2 heterocycles. The molecule has 2 aromatic heterocycles. The van der Waals surface area contributed by atoms with E-state index in [-0.39, 0.29) is 5.91 Å². The summed E-state index contributed by atoms with van der Waals surface area (Å²) < 4.78 is 1.90. The third-order valence-electron chi connectivity index (χ3n) is 2.84. The summed E-state index contributed by atoms with van der Waals surface area (Å²) in [5, 5.41) is 0. The van der Waals surface area contributed by atoms with Gasteiger partial charge in [-0.05, 0) is 32.1 Å². The van der Waals surface area contributed by atoms with E-state index in [9.17, 15) is 9.59 Å². The van der Waals surface area contributed by atoms with Gasteiger partial charge >= 0.3 is 0 Å². The van der Waals surface area contributed by atoms with Crippen LogP contribution in [-0.4, -0.2) is 26.3 Å². The van der Waals surface area contributed by atoms with Crippen molar-refractivity contribution in [2.24, 2.45) is 0 Å². The number of pyridine rings is 1. The second-order valence-electron chi connectivity index (χ2n) is 4.77. The molecule has 114 valence electrons. The Morgan fingerprint density at radius 2 is 2.00 bits per heavy atom. The van der Waals surface area contributed by atoms with Crippen molar-refractivity contribution < 1.29 is 9.59 Å². The predicted octanol–water partition coefficient (Wildman–Crippen LogP) is 1.06. The van der Waals surface area contributed by atoms with Crippen LogP contribution in [0.3, 0.4) is 0 Å². The second kappa shape index (κ2) is 6.66. The van der Waals surface area contributed by atoms with Gasteiger partial charge in [-0.25, -0.2) is 4.98 Å². The molecule has 0 unspecified atom stereocenters. The molecule has 0 radical (unpaired) electrons. The Labute approximate surface area is 128 Å². The van der Waals surface area contributed by atoms with E-state index in [2.05, 4.69) is 20.8 Å². The molecule has 0 atom stereocenters. The van der Waals surface area contributed by atoms with Gasteiger partial charge in [0.1, 0.15) is 0 Å². The van der Waals surface area contributed by atoms with Crippen LogP contribution in [0.4, 0.5) is 0 Å². The molecule has 2 aromatic rings. The van der Waals surface area contributed by atoms with Gasteiger partial charge in [-0.1, -0.05) is 0 Å². The van der Waals surface area contributed by atoms with Gasteiger partial charge in [0.05, 0.1) is 29.1 Å². The van der Waals surface area contributed by atoms with Crippen molar-refractivity contribution in [1.29, 1.82) is 0 Å². The van der Waals surface area contributed by atoms with Gasteiger partial charge in [-0.2, -0.15) is 0 Å². The van der Waals surface area contributed by atoms with Crippen molar-refractivity contribution in [3.05, 3.63) is 47.8 Å². The van der Waals surface area contributed by atoms with E-state index in [1.807, 2.05) is 30.7 Å². The minimum absolute atomic E-state index is 0.337. The molecule has 2 rings (SSSR count). The fourth-order valence-electron chi connectivity index (χ4n) is 1.84. The zero-order valence-electron chi connectivity index (χ0n) is 12.6. The summed E-state index contributed by atoms with van der Waals surface area (Å²) in [5.41, 5.74) is 7.78. The Hall–Kier alpha value is -2.96. The first-order valence-electron chi connectivity index (χ1n) is 6.69. The number of carbonyl (C=O) groups excluding carboxylic acids is 2. The number of aryl methyl sites for hydroxylation is 2. The van der Waals surface area contributed by atoms with Crippen LogP contribution in [0.25, 0.3) is 11.8 Å². The van der Waals surface area contributed by atoms with Gasteiger partial charge in [-0.3, -0.25) is 25.4 Å². The number of rotatable bonds is 3. The Morgan fingerprint density at radius 3 is 2.59 bits per heavy atom. The molecule has 0 saturated heterocycles. The summed E-state index contributed by atoms with van der Waals surface area (Å²) >= 11 is 0. The lowest BCUT2D eigenvalue weighted by molar-refractivity contribution is -0.125. The van der Waals surface area contributed by atoms with Crippen LogP contribution in [0.15, 0.2) is 30.7 Å². The van der Waals surface area contributed by atoms with E-state index < -0.39 is 5.91 Å². The zero-order chi connectivity index (χ0) is 16.1. The largest absolute Gasteiger partial charge is 0.304 e. The maximum absolute atomic E-state index is 11.4. The first kappa shape index (κ1) is 15.4. The van der Waals surface area contributed by atoms with E-state index in [0.29, 0.717) is 5.69 Å². The average molecular weight is 299 g/mol. The molecule has 0 fully saturated rings. The highest BCUT2D eigenvalue weighted by Crippen LogP contribution is 2.13. The number of amides is 2. The van der Waals surface area contributed by atoms with Crippen molar-refractivity contribution in [3.63, 3.8) is 0 Å². The number of hydrazine groups is 1. The van der Waals surface area contributed by atoms with Crippen LogP contribution in [0.5, 0.6) is 0 Å². The lowest BCUT2D eigenvalue weighted by atomic mass is 10.2. The van der Waals surface area contributed by atoms with Gasteiger partial charge in [-0.15, -0.1) is 0 Å². The maximum atomic E-state index is 11.4. The summed E-state index contributed by atoms with van der Waals surface area (Å²) in [6.45, 7) is 5.12. The number of nitrogens with zero attached hydrogens (tertiary/aromatic N) is 3. The topological polar surface area (TPSA) is 88.9 Å². The second-order valence-corrected chi connectivity index (χ2v) is 4.77. The van der Waals surface area contributed by atoms with Crippen molar-refractivity contribution in [3.8, 4) is 5.69 Å². The highest BCUT2D eigenvalue weighted by atomic mass is 16.2. The number of nitrogens with one attached hydrogen (secondary N) is 2. The van der Waals surface area contributed by atoms with Crippen LogP contribution in [0, 0.1) is 13.8 Å². The molecule has 0 spiro atoms.